The van der Waals surface area contributed by atoms with Crippen molar-refractivity contribution in [2.45, 2.75) is 56.5 Å². The fourth-order valence-electron chi connectivity index (χ4n) is 3.87. The van der Waals surface area contributed by atoms with Crippen molar-refractivity contribution in [3.63, 3.8) is 0 Å². The number of piperidine rings is 1. The monoisotopic (exact) mass is 376 g/mol. The minimum absolute atomic E-state index is 0.315. The first kappa shape index (κ1) is 17.4. The Bertz CT molecular complexity index is 850. The smallest absolute Gasteiger partial charge is 0.246 e. The molecule has 1 aliphatic heterocycles. The highest BCUT2D eigenvalue weighted by atomic mass is 32.2. The summed E-state index contributed by atoms with van der Waals surface area (Å²) in [6.45, 7) is 4.52. The van der Waals surface area contributed by atoms with Crippen LogP contribution < -0.4 is 4.90 Å². The SMILES string of the molecule is Cc1n[nH]c(C)c1S(=O)(=O)N1CCC(N(c2ccncn2)C2CC2)CC1. The molecule has 2 fully saturated rings. The summed E-state index contributed by atoms with van der Waals surface area (Å²) in [6.07, 6.45) is 7.30. The van der Waals surface area contributed by atoms with E-state index < -0.39 is 10.0 Å². The second-order valence-corrected chi connectivity index (χ2v) is 8.98. The van der Waals surface area contributed by atoms with Crippen LogP contribution in [0.2, 0.25) is 0 Å². The largest absolute Gasteiger partial charge is 0.350 e. The van der Waals surface area contributed by atoms with Gasteiger partial charge in [0.1, 0.15) is 17.0 Å². The van der Waals surface area contributed by atoms with Gasteiger partial charge in [-0.15, -0.1) is 0 Å². The Labute approximate surface area is 153 Å². The molecule has 0 atom stereocenters. The van der Waals surface area contributed by atoms with Crippen molar-refractivity contribution in [2.24, 2.45) is 0 Å². The number of sulfonamides is 1. The number of nitrogens with zero attached hydrogens (tertiary/aromatic N) is 5. The number of H-pyrrole nitrogens is 1. The van der Waals surface area contributed by atoms with Gasteiger partial charge in [0.15, 0.2) is 0 Å². The number of rotatable bonds is 5. The molecule has 0 unspecified atom stereocenters. The summed E-state index contributed by atoms with van der Waals surface area (Å²) in [4.78, 5) is 11.1. The van der Waals surface area contributed by atoms with Gasteiger partial charge in [-0.25, -0.2) is 18.4 Å². The van der Waals surface area contributed by atoms with Gasteiger partial charge in [-0.3, -0.25) is 5.10 Å². The Morgan fingerprint density at radius 3 is 2.38 bits per heavy atom. The molecule has 0 amide bonds. The predicted molar refractivity (Wildman–Crippen MR) is 97.4 cm³/mol. The zero-order valence-corrected chi connectivity index (χ0v) is 15.9. The summed E-state index contributed by atoms with van der Waals surface area (Å²) >= 11 is 0. The van der Waals surface area contributed by atoms with E-state index >= 15 is 0 Å². The normalized spacial score (nSPS) is 19.6. The molecule has 2 aromatic rings. The molecule has 4 rings (SSSR count). The fraction of sp³-hybridized carbons (Fsp3) is 0.588. The molecule has 0 radical (unpaired) electrons. The molecule has 9 heteroatoms. The van der Waals surface area contributed by atoms with Crippen molar-refractivity contribution in [3.05, 3.63) is 30.0 Å². The molecule has 0 bridgehead atoms. The number of hydrogen-bond acceptors (Lipinski definition) is 6. The first-order chi connectivity index (χ1) is 12.5. The van der Waals surface area contributed by atoms with Crippen LogP contribution in [0, 0.1) is 13.8 Å². The van der Waals surface area contributed by atoms with Crippen LogP contribution in [0.5, 0.6) is 0 Å². The lowest BCUT2D eigenvalue weighted by atomic mass is 10.0. The van der Waals surface area contributed by atoms with E-state index in [1.54, 1.807) is 30.7 Å². The van der Waals surface area contributed by atoms with Gasteiger partial charge in [-0.05, 0) is 45.6 Å². The molecular weight excluding hydrogens is 352 g/mol. The number of aryl methyl sites for hydroxylation is 2. The van der Waals surface area contributed by atoms with Crippen LogP contribution in [0.25, 0.3) is 0 Å². The lowest BCUT2D eigenvalue weighted by Crippen LogP contribution is -2.48. The third-order valence-electron chi connectivity index (χ3n) is 5.25. The Hall–Kier alpha value is -2.00. The molecule has 1 N–H and O–H groups in total. The molecule has 2 aromatic heterocycles. The summed E-state index contributed by atoms with van der Waals surface area (Å²) in [6, 6.07) is 2.78. The van der Waals surface area contributed by atoms with Crippen LogP contribution in [0.1, 0.15) is 37.1 Å². The van der Waals surface area contributed by atoms with Crippen molar-refractivity contribution in [1.29, 1.82) is 0 Å². The molecule has 1 aliphatic carbocycles. The summed E-state index contributed by atoms with van der Waals surface area (Å²) in [5.74, 6) is 0.949. The van der Waals surface area contributed by atoms with Crippen LogP contribution in [-0.4, -0.2) is 58.1 Å². The first-order valence-electron chi connectivity index (χ1n) is 9.04. The van der Waals surface area contributed by atoms with E-state index in [0.29, 0.717) is 41.5 Å². The van der Waals surface area contributed by atoms with Gasteiger partial charge in [-0.2, -0.15) is 9.40 Å². The predicted octanol–water partition coefficient (Wildman–Crippen LogP) is 1.64. The van der Waals surface area contributed by atoms with E-state index in [1.807, 2.05) is 6.07 Å². The molecule has 8 nitrogen and oxygen atoms in total. The Morgan fingerprint density at radius 2 is 1.85 bits per heavy atom. The molecular formula is C17H24N6O2S. The molecule has 26 heavy (non-hydrogen) atoms. The summed E-state index contributed by atoms with van der Waals surface area (Å²) in [5.41, 5.74) is 1.13. The minimum Gasteiger partial charge on any atom is -0.350 e. The summed E-state index contributed by atoms with van der Waals surface area (Å²) in [5, 5.41) is 6.81. The van der Waals surface area contributed by atoms with E-state index in [-0.39, 0.29) is 0 Å². The average molecular weight is 376 g/mol. The minimum atomic E-state index is -3.50. The maximum atomic E-state index is 13.0. The van der Waals surface area contributed by atoms with Gasteiger partial charge in [-0.1, -0.05) is 0 Å². The number of aromatic amines is 1. The van der Waals surface area contributed by atoms with Crippen molar-refractivity contribution >= 4 is 15.8 Å². The van der Waals surface area contributed by atoms with Gasteiger partial charge in [0.2, 0.25) is 10.0 Å². The van der Waals surface area contributed by atoms with Crippen LogP contribution in [0.3, 0.4) is 0 Å². The van der Waals surface area contributed by atoms with E-state index in [2.05, 4.69) is 25.1 Å². The Kier molecular flexibility index (Phi) is 4.44. The average Bonchev–Trinajstić information content (AvgIpc) is 3.40. The van der Waals surface area contributed by atoms with E-state index in [9.17, 15) is 8.42 Å². The van der Waals surface area contributed by atoms with E-state index in [4.69, 9.17) is 0 Å². The zero-order chi connectivity index (χ0) is 18.3. The summed E-state index contributed by atoms with van der Waals surface area (Å²) < 4.78 is 27.6. The molecule has 2 aliphatic rings. The second kappa shape index (κ2) is 6.62. The van der Waals surface area contributed by atoms with Gasteiger partial charge < -0.3 is 4.90 Å². The molecule has 1 saturated heterocycles. The van der Waals surface area contributed by atoms with E-state index in [1.165, 1.54) is 12.8 Å². The first-order valence-corrected chi connectivity index (χ1v) is 10.5. The maximum absolute atomic E-state index is 13.0. The molecule has 1 saturated carbocycles. The topological polar surface area (TPSA) is 95.1 Å². The lowest BCUT2D eigenvalue weighted by molar-refractivity contribution is 0.308. The van der Waals surface area contributed by atoms with Gasteiger partial charge >= 0.3 is 0 Å². The highest BCUT2D eigenvalue weighted by Crippen LogP contribution is 2.36. The van der Waals surface area contributed by atoms with E-state index in [0.717, 1.165) is 18.7 Å². The van der Waals surface area contributed by atoms with Crippen LogP contribution in [0.15, 0.2) is 23.5 Å². The van der Waals surface area contributed by atoms with Gasteiger partial charge in [0.05, 0.1) is 11.4 Å². The maximum Gasteiger partial charge on any atom is 0.246 e. The number of nitrogens with one attached hydrogen (secondary N) is 1. The molecule has 0 aromatic carbocycles. The highest BCUT2D eigenvalue weighted by molar-refractivity contribution is 7.89. The Morgan fingerprint density at radius 1 is 1.15 bits per heavy atom. The zero-order valence-electron chi connectivity index (χ0n) is 15.1. The third kappa shape index (κ3) is 3.09. The van der Waals surface area contributed by atoms with Crippen molar-refractivity contribution in [1.82, 2.24) is 24.5 Å². The number of hydrogen-bond donors (Lipinski definition) is 1. The van der Waals surface area contributed by atoms with Crippen molar-refractivity contribution in [3.8, 4) is 0 Å². The molecule has 140 valence electrons. The fourth-order valence-corrected chi connectivity index (χ4v) is 5.67. The van der Waals surface area contributed by atoms with Crippen molar-refractivity contribution < 1.29 is 8.42 Å². The second-order valence-electron chi connectivity index (χ2n) is 7.10. The summed E-state index contributed by atoms with van der Waals surface area (Å²) in [7, 11) is -3.50. The quantitative estimate of drug-likeness (QED) is 0.852. The molecule has 0 spiro atoms. The van der Waals surface area contributed by atoms with Gasteiger partial charge in [0, 0.05) is 31.4 Å². The number of aromatic nitrogens is 4. The van der Waals surface area contributed by atoms with Crippen molar-refractivity contribution in [2.75, 3.05) is 18.0 Å². The van der Waals surface area contributed by atoms with Crippen LogP contribution in [0.4, 0.5) is 5.82 Å². The Balaban J connectivity index is 1.50. The third-order valence-corrected chi connectivity index (χ3v) is 7.41. The highest BCUT2D eigenvalue weighted by Gasteiger charge is 2.39. The van der Waals surface area contributed by atoms with Crippen LogP contribution in [-0.2, 0) is 10.0 Å². The lowest BCUT2D eigenvalue weighted by Gasteiger charge is -2.38. The number of anilines is 1. The van der Waals surface area contributed by atoms with Crippen LogP contribution >= 0.6 is 0 Å². The standard InChI is InChI=1S/C17H24N6O2S/c1-12-17(13(2)21-20-12)26(24,25)22-9-6-15(7-10-22)23(14-3-4-14)16-5-8-18-11-19-16/h5,8,11,14-15H,3-4,6-7,9-10H2,1-2H3,(H,20,21). The van der Waals surface area contributed by atoms with Gasteiger partial charge in [0.25, 0.3) is 0 Å². The molecule has 3 heterocycles.